The van der Waals surface area contributed by atoms with Crippen LogP contribution in [0, 0.1) is 6.92 Å². The molecule has 0 aromatic carbocycles. The molecule has 0 atom stereocenters. The van der Waals surface area contributed by atoms with Gasteiger partial charge in [0.15, 0.2) is 0 Å². The SMILES string of the molecule is CCOC(=O)c1c(C)nc(Cl)nc1N1CCS(=O)CC1. The molecule has 1 aromatic rings. The topological polar surface area (TPSA) is 72.4 Å². The van der Waals surface area contributed by atoms with Crippen LogP contribution in [-0.4, -0.2) is 51.3 Å². The zero-order valence-electron chi connectivity index (χ0n) is 11.4. The predicted molar refractivity (Wildman–Crippen MR) is 77.8 cm³/mol. The quantitative estimate of drug-likeness (QED) is 0.616. The summed E-state index contributed by atoms with van der Waals surface area (Å²) < 4.78 is 16.5. The highest BCUT2D eigenvalue weighted by atomic mass is 35.5. The van der Waals surface area contributed by atoms with Gasteiger partial charge in [0.2, 0.25) is 5.28 Å². The van der Waals surface area contributed by atoms with Crippen LogP contribution >= 0.6 is 11.6 Å². The van der Waals surface area contributed by atoms with Crippen LogP contribution in [0.25, 0.3) is 0 Å². The molecule has 0 aliphatic carbocycles. The molecule has 2 rings (SSSR count). The Labute approximate surface area is 124 Å². The van der Waals surface area contributed by atoms with Crippen LogP contribution in [0.1, 0.15) is 23.0 Å². The maximum Gasteiger partial charge on any atom is 0.343 e. The zero-order chi connectivity index (χ0) is 14.7. The Morgan fingerprint density at radius 3 is 2.65 bits per heavy atom. The van der Waals surface area contributed by atoms with E-state index < -0.39 is 16.8 Å². The summed E-state index contributed by atoms with van der Waals surface area (Å²) in [5.74, 6) is 1.13. The third-order valence-corrected chi connectivity index (χ3v) is 4.45. The molecule has 1 aliphatic rings. The summed E-state index contributed by atoms with van der Waals surface area (Å²) in [4.78, 5) is 22.2. The van der Waals surface area contributed by atoms with Gasteiger partial charge in [-0.1, -0.05) is 0 Å². The number of nitrogens with zero attached hydrogens (tertiary/aromatic N) is 3. The minimum atomic E-state index is -0.800. The van der Waals surface area contributed by atoms with E-state index in [4.69, 9.17) is 16.3 Å². The lowest BCUT2D eigenvalue weighted by Gasteiger charge is -2.29. The number of rotatable bonds is 3. The number of aryl methyl sites for hydroxylation is 1. The number of hydrogen-bond acceptors (Lipinski definition) is 6. The van der Waals surface area contributed by atoms with Crippen LogP contribution in [0.15, 0.2) is 0 Å². The molecule has 0 radical (unpaired) electrons. The van der Waals surface area contributed by atoms with Crippen LogP contribution in [0.3, 0.4) is 0 Å². The van der Waals surface area contributed by atoms with Crippen LogP contribution in [-0.2, 0) is 15.5 Å². The molecule has 0 N–H and O–H groups in total. The van der Waals surface area contributed by atoms with Gasteiger partial charge < -0.3 is 9.64 Å². The minimum absolute atomic E-state index is 0.0947. The largest absolute Gasteiger partial charge is 0.462 e. The highest BCUT2D eigenvalue weighted by molar-refractivity contribution is 7.85. The Balaban J connectivity index is 2.39. The fraction of sp³-hybridized carbons (Fsp3) is 0.583. The molecule has 110 valence electrons. The average molecular weight is 318 g/mol. The van der Waals surface area contributed by atoms with Crippen LogP contribution in [0.2, 0.25) is 5.28 Å². The van der Waals surface area contributed by atoms with Crippen molar-refractivity contribution in [3.05, 3.63) is 16.5 Å². The molecule has 2 heterocycles. The van der Waals surface area contributed by atoms with Crippen molar-refractivity contribution in [3.63, 3.8) is 0 Å². The van der Waals surface area contributed by atoms with Crippen LogP contribution in [0.5, 0.6) is 0 Å². The summed E-state index contributed by atoms with van der Waals surface area (Å²) in [7, 11) is -0.800. The van der Waals surface area contributed by atoms with Crippen LogP contribution in [0.4, 0.5) is 5.82 Å². The lowest BCUT2D eigenvalue weighted by Crippen LogP contribution is -2.39. The van der Waals surface area contributed by atoms with Crippen molar-refractivity contribution in [3.8, 4) is 0 Å². The molecule has 8 heteroatoms. The van der Waals surface area contributed by atoms with Gasteiger partial charge in [-0.15, -0.1) is 0 Å². The fourth-order valence-electron chi connectivity index (χ4n) is 2.05. The lowest BCUT2D eigenvalue weighted by molar-refractivity contribution is 0.0525. The van der Waals surface area contributed by atoms with Gasteiger partial charge in [-0.25, -0.2) is 9.78 Å². The number of carbonyl (C=O) groups excluding carboxylic acids is 1. The zero-order valence-corrected chi connectivity index (χ0v) is 13.0. The van der Waals surface area contributed by atoms with Gasteiger partial charge in [0, 0.05) is 35.4 Å². The molecular weight excluding hydrogens is 302 g/mol. The molecular formula is C12H16ClN3O3S. The molecule has 1 aromatic heterocycles. The van der Waals surface area contributed by atoms with E-state index in [9.17, 15) is 9.00 Å². The second kappa shape index (κ2) is 6.49. The number of halogens is 1. The van der Waals surface area contributed by atoms with Crippen molar-refractivity contribution in [2.45, 2.75) is 13.8 Å². The minimum Gasteiger partial charge on any atom is -0.462 e. The van der Waals surface area contributed by atoms with E-state index in [1.165, 1.54) is 0 Å². The van der Waals surface area contributed by atoms with Crippen molar-refractivity contribution < 1.29 is 13.7 Å². The summed E-state index contributed by atoms with van der Waals surface area (Å²) in [6.07, 6.45) is 0. The number of carbonyl (C=O) groups is 1. The Kier molecular flexibility index (Phi) is 4.93. The summed E-state index contributed by atoms with van der Waals surface area (Å²) in [6.45, 7) is 4.88. The first kappa shape index (κ1) is 15.2. The molecule has 0 unspecified atom stereocenters. The predicted octanol–water partition coefficient (Wildman–Crippen LogP) is 1.18. The van der Waals surface area contributed by atoms with Crippen molar-refractivity contribution in [1.29, 1.82) is 0 Å². The van der Waals surface area contributed by atoms with Gasteiger partial charge in [0.05, 0.1) is 12.3 Å². The summed E-state index contributed by atoms with van der Waals surface area (Å²) >= 11 is 5.89. The molecule has 0 spiro atoms. The van der Waals surface area contributed by atoms with Gasteiger partial charge in [0.1, 0.15) is 11.4 Å². The lowest BCUT2D eigenvalue weighted by atomic mass is 10.2. The maximum atomic E-state index is 12.1. The van der Waals surface area contributed by atoms with E-state index >= 15 is 0 Å². The molecule has 1 saturated heterocycles. The number of aromatic nitrogens is 2. The second-order valence-electron chi connectivity index (χ2n) is 4.33. The van der Waals surface area contributed by atoms with E-state index in [-0.39, 0.29) is 11.9 Å². The fourth-order valence-corrected chi connectivity index (χ4v) is 3.30. The second-order valence-corrected chi connectivity index (χ2v) is 6.37. The molecule has 1 aliphatic heterocycles. The van der Waals surface area contributed by atoms with Crippen molar-refractivity contribution >= 4 is 34.2 Å². The molecule has 0 saturated carbocycles. The number of ether oxygens (including phenoxy) is 1. The summed E-state index contributed by atoms with van der Waals surface area (Å²) in [5.41, 5.74) is 0.828. The molecule has 0 bridgehead atoms. The first-order valence-electron chi connectivity index (χ1n) is 6.34. The van der Waals surface area contributed by atoms with Crippen molar-refractivity contribution in [2.24, 2.45) is 0 Å². The van der Waals surface area contributed by atoms with Gasteiger partial charge in [-0.3, -0.25) is 4.21 Å². The molecule has 20 heavy (non-hydrogen) atoms. The normalized spacial score (nSPS) is 16.2. The van der Waals surface area contributed by atoms with Gasteiger partial charge in [-0.2, -0.15) is 4.98 Å². The Morgan fingerprint density at radius 2 is 2.05 bits per heavy atom. The van der Waals surface area contributed by atoms with E-state index in [2.05, 4.69) is 9.97 Å². The van der Waals surface area contributed by atoms with Crippen LogP contribution < -0.4 is 4.90 Å². The smallest absolute Gasteiger partial charge is 0.343 e. The van der Waals surface area contributed by atoms with Gasteiger partial charge >= 0.3 is 5.97 Å². The highest BCUT2D eigenvalue weighted by Crippen LogP contribution is 2.24. The first-order chi connectivity index (χ1) is 9.52. The molecule has 6 nitrogen and oxygen atoms in total. The molecule has 1 fully saturated rings. The highest BCUT2D eigenvalue weighted by Gasteiger charge is 2.26. The maximum absolute atomic E-state index is 12.1. The number of esters is 1. The van der Waals surface area contributed by atoms with Gasteiger partial charge in [-0.05, 0) is 25.4 Å². The van der Waals surface area contributed by atoms with E-state index in [1.54, 1.807) is 13.8 Å². The Hall–Kier alpha value is -1.21. The average Bonchev–Trinajstić information content (AvgIpc) is 2.38. The van der Waals surface area contributed by atoms with Gasteiger partial charge in [0.25, 0.3) is 0 Å². The van der Waals surface area contributed by atoms with Crippen molar-refractivity contribution in [1.82, 2.24) is 9.97 Å². The summed E-state index contributed by atoms with van der Waals surface area (Å²) in [5, 5.41) is 0.0947. The Morgan fingerprint density at radius 1 is 1.40 bits per heavy atom. The van der Waals surface area contributed by atoms with E-state index in [0.717, 1.165) is 0 Å². The van der Waals surface area contributed by atoms with E-state index in [1.807, 2.05) is 4.90 Å². The van der Waals surface area contributed by atoms with E-state index in [0.29, 0.717) is 41.7 Å². The number of hydrogen-bond donors (Lipinski definition) is 0. The number of anilines is 1. The first-order valence-corrected chi connectivity index (χ1v) is 8.20. The van der Waals surface area contributed by atoms with Crippen molar-refractivity contribution in [2.75, 3.05) is 36.1 Å². The monoisotopic (exact) mass is 317 g/mol. The third kappa shape index (κ3) is 3.27. The standard InChI is InChI=1S/C12H16ClN3O3S/c1-3-19-11(17)9-8(2)14-12(13)15-10(9)16-4-6-20(18)7-5-16/h3-7H2,1-2H3. The Bertz CT molecular complexity index is 543. The summed E-state index contributed by atoms with van der Waals surface area (Å²) in [6, 6.07) is 0. The third-order valence-electron chi connectivity index (χ3n) is 3.00. The molecule has 0 amide bonds.